The molecule has 29 heavy (non-hydrogen) atoms. The summed E-state index contributed by atoms with van der Waals surface area (Å²) in [7, 11) is 0. The number of nitrogens with one attached hydrogen (secondary N) is 1. The number of aromatic nitrogens is 3. The van der Waals surface area contributed by atoms with E-state index in [1.165, 1.54) is 36.0 Å². The molecule has 0 unspecified atom stereocenters. The van der Waals surface area contributed by atoms with E-state index < -0.39 is 0 Å². The van der Waals surface area contributed by atoms with Gasteiger partial charge in [-0.25, -0.2) is 4.39 Å². The second-order valence-corrected chi connectivity index (χ2v) is 7.47. The molecular formula is C20H20ClFN4O2S. The summed E-state index contributed by atoms with van der Waals surface area (Å²) in [4.78, 5) is 12.2. The summed E-state index contributed by atoms with van der Waals surface area (Å²) in [6, 6.07) is 12.8. The Morgan fingerprint density at radius 2 is 1.97 bits per heavy atom. The van der Waals surface area contributed by atoms with Crippen LogP contribution in [-0.4, -0.2) is 26.4 Å². The Morgan fingerprint density at radius 3 is 2.66 bits per heavy atom. The molecule has 0 aliphatic rings. The molecular weight excluding hydrogens is 415 g/mol. The van der Waals surface area contributed by atoms with E-state index in [1.807, 2.05) is 30.5 Å². The summed E-state index contributed by atoms with van der Waals surface area (Å²) in [5.74, 6) is 0.798. The monoisotopic (exact) mass is 434 g/mol. The Morgan fingerprint density at radius 1 is 1.24 bits per heavy atom. The average Bonchev–Trinajstić information content (AvgIpc) is 3.13. The largest absolute Gasteiger partial charge is 0.481 e. The molecule has 1 amide bonds. The topological polar surface area (TPSA) is 69.0 Å². The maximum absolute atomic E-state index is 13.0. The van der Waals surface area contributed by atoms with Crippen molar-refractivity contribution in [2.45, 2.75) is 31.7 Å². The quantitative estimate of drug-likeness (QED) is 0.507. The third-order valence-corrected chi connectivity index (χ3v) is 5.31. The normalized spacial score (nSPS) is 11.9. The summed E-state index contributed by atoms with van der Waals surface area (Å²) in [5, 5.41) is 12.3. The van der Waals surface area contributed by atoms with Crippen molar-refractivity contribution in [3.8, 4) is 5.75 Å². The lowest BCUT2D eigenvalue weighted by atomic mass is 10.3. The fourth-order valence-corrected chi connectivity index (χ4v) is 3.64. The van der Waals surface area contributed by atoms with Crippen LogP contribution in [0.4, 0.5) is 10.1 Å². The fourth-order valence-electron chi connectivity index (χ4n) is 2.65. The molecule has 3 rings (SSSR count). The van der Waals surface area contributed by atoms with Crippen LogP contribution in [0.5, 0.6) is 5.75 Å². The minimum absolute atomic E-state index is 0.148. The van der Waals surface area contributed by atoms with Crippen molar-refractivity contribution in [2.75, 3.05) is 11.1 Å². The molecule has 1 atom stereocenters. The maximum atomic E-state index is 13.0. The third-order valence-electron chi connectivity index (χ3n) is 4.03. The highest BCUT2D eigenvalue weighted by molar-refractivity contribution is 7.99. The first kappa shape index (κ1) is 21.1. The molecule has 0 fully saturated rings. The molecule has 0 saturated heterocycles. The van der Waals surface area contributed by atoms with E-state index in [0.717, 1.165) is 0 Å². The van der Waals surface area contributed by atoms with Gasteiger partial charge in [-0.1, -0.05) is 35.5 Å². The molecule has 1 aromatic heterocycles. The highest BCUT2D eigenvalue weighted by atomic mass is 35.5. The van der Waals surface area contributed by atoms with Gasteiger partial charge in [-0.2, -0.15) is 0 Å². The number of ether oxygens (including phenoxy) is 1. The third kappa shape index (κ3) is 5.48. The summed E-state index contributed by atoms with van der Waals surface area (Å²) < 4.78 is 20.8. The molecule has 0 saturated carbocycles. The summed E-state index contributed by atoms with van der Waals surface area (Å²) in [5.41, 5.74) is 0.538. The SMILES string of the molecule is CCn1c(SCC(=O)Nc2ccc(F)cc2)nnc1[C@@H](C)Oc1ccccc1Cl. The number of hydrogen-bond donors (Lipinski definition) is 1. The molecule has 152 valence electrons. The summed E-state index contributed by atoms with van der Waals surface area (Å²) in [6.45, 7) is 4.47. The Hall–Kier alpha value is -2.58. The van der Waals surface area contributed by atoms with E-state index in [4.69, 9.17) is 16.3 Å². The molecule has 1 heterocycles. The lowest BCUT2D eigenvalue weighted by Gasteiger charge is -2.16. The number of amides is 1. The minimum atomic E-state index is -0.371. The van der Waals surface area contributed by atoms with Crippen molar-refractivity contribution in [3.05, 3.63) is 65.2 Å². The van der Waals surface area contributed by atoms with Crippen molar-refractivity contribution in [3.63, 3.8) is 0 Å². The number of benzene rings is 2. The van der Waals surface area contributed by atoms with Crippen LogP contribution in [0.25, 0.3) is 0 Å². The van der Waals surface area contributed by atoms with Gasteiger partial charge in [0, 0.05) is 12.2 Å². The average molecular weight is 435 g/mol. The smallest absolute Gasteiger partial charge is 0.234 e. The molecule has 0 aliphatic heterocycles. The van der Waals surface area contributed by atoms with E-state index in [9.17, 15) is 9.18 Å². The van der Waals surface area contributed by atoms with Crippen LogP contribution in [0, 0.1) is 5.82 Å². The van der Waals surface area contributed by atoms with Crippen LogP contribution in [0.1, 0.15) is 25.8 Å². The highest BCUT2D eigenvalue weighted by Crippen LogP contribution is 2.29. The number of carbonyl (C=O) groups excluding carboxylic acids is 1. The van der Waals surface area contributed by atoms with Crippen molar-refractivity contribution in [2.24, 2.45) is 0 Å². The lowest BCUT2D eigenvalue weighted by molar-refractivity contribution is -0.113. The van der Waals surface area contributed by atoms with E-state index in [-0.39, 0.29) is 23.6 Å². The van der Waals surface area contributed by atoms with Gasteiger partial charge in [0.15, 0.2) is 17.1 Å². The number of halogens is 2. The highest BCUT2D eigenvalue weighted by Gasteiger charge is 2.20. The van der Waals surface area contributed by atoms with E-state index >= 15 is 0 Å². The Balaban J connectivity index is 1.63. The second-order valence-electron chi connectivity index (χ2n) is 6.12. The molecule has 0 radical (unpaired) electrons. The Kier molecular flexibility index (Phi) is 7.11. The van der Waals surface area contributed by atoms with Gasteiger partial charge in [-0.3, -0.25) is 4.79 Å². The van der Waals surface area contributed by atoms with Gasteiger partial charge in [0.1, 0.15) is 11.6 Å². The van der Waals surface area contributed by atoms with Gasteiger partial charge in [-0.05, 0) is 50.2 Å². The molecule has 0 bridgehead atoms. The van der Waals surface area contributed by atoms with E-state index in [1.54, 1.807) is 12.1 Å². The first-order chi connectivity index (χ1) is 14.0. The summed E-state index contributed by atoms with van der Waals surface area (Å²) >= 11 is 7.43. The zero-order chi connectivity index (χ0) is 20.8. The van der Waals surface area contributed by atoms with Crippen molar-refractivity contribution in [1.82, 2.24) is 14.8 Å². The number of thioether (sulfide) groups is 1. The second kappa shape index (κ2) is 9.76. The van der Waals surface area contributed by atoms with Gasteiger partial charge >= 0.3 is 0 Å². The van der Waals surface area contributed by atoms with Gasteiger partial charge < -0.3 is 14.6 Å². The van der Waals surface area contributed by atoms with Crippen LogP contribution in [0.15, 0.2) is 53.7 Å². The van der Waals surface area contributed by atoms with Crippen LogP contribution in [0.2, 0.25) is 5.02 Å². The molecule has 0 aliphatic carbocycles. The predicted molar refractivity (Wildman–Crippen MR) is 112 cm³/mol. The van der Waals surface area contributed by atoms with Gasteiger partial charge in [0.05, 0.1) is 10.8 Å². The number of carbonyl (C=O) groups is 1. The molecule has 3 aromatic rings. The summed E-state index contributed by atoms with van der Waals surface area (Å²) in [6.07, 6.45) is -0.371. The van der Waals surface area contributed by atoms with Gasteiger partial charge in [0.2, 0.25) is 5.91 Å². The fraction of sp³-hybridized carbons (Fsp3) is 0.250. The van der Waals surface area contributed by atoms with E-state index in [2.05, 4.69) is 15.5 Å². The molecule has 0 spiro atoms. The van der Waals surface area contributed by atoms with Crippen LogP contribution in [0.3, 0.4) is 0 Å². The van der Waals surface area contributed by atoms with E-state index in [0.29, 0.717) is 34.0 Å². The number of nitrogens with zero attached hydrogens (tertiary/aromatic N) is 3. The van der Waals surface area contributed by atoms with Crippen molar-refractivity contribution >= 4 is 35.0 Å². The molecule has 6 nitrogen and oxygen atoms in total. The zero-order valence-electron chi connectivity index (χ0n) is 15.9. The Bertz CT molecular complexity index is 981. The van der Waals surface area contributed by atoms with Crippen LogP contribution < -0.4 is 10.1 Å². The Labute approximate surface area is 177 Å². The van der Waals surface area contributed by atoms with Gasteiger partial charge in [-0.15, -0.1) is 10.2 Å². The van der Waals surface area contributed by atoms with Crippen LogP contribution >= 0.6 is 23.4 Å². The number of rotatable bonds is 8. The lowest BCUT2D eigenvalue weighted by Crippen LogP contribution is -2.15. The first-order valence-electron chi connectivity index (χ1n) is 9.00. The zero-order valence-corrected chi connectivity index (χ0v) is 17.5. The predicted octanol–water partition coefficient (Wildman–Crippen LogP) is 4.96. The first-order valence-corrected chi connectivity index (χ1v) is 10.4. The van der Waals surface area contributed by atoms with Gasteiger partial charge in [0.25, 0.3) is 0 Å². The molecule has 2 aromatic carbocycles. The van der Waals surface area contributed by atoms with Crippen LogP contribution in [-0.2, 0) is 11.3 Å². The molecule has 1 N–H and O–H groups in total. The molecule has 9 heteroatoms. The van der Waals surface area contributed by atoms with Crippen molar-refractivity contribution < 1.29 is 13.9 Å². The number of hydrogen-bond acceptors (Lipinski definition) is 5. The standard InChI is InChI=1S/C20H20ClFN4O2S/c1-3-26-19(13(2)28-17-7-5-4-6-16(17)21)24-25-20(26)29-12-18(27)23-15-10-8-14(22)9-11-15/h4-11,13H,3,12H2,1-2H3,(H,23,27)/t13-/m1/s1. The minimum Gasteiger partial charge on any atom is -0.481 e. The number of para-hydroxylation sites is 1. The van der Waals surface area contributed by atoms with Crippen molar-refractivity contribution in [1.29, 1.82) is 0 Å². The number of anilines is 1. The maximum Gasteiger partial charge on any atom is 0.234 e.